The number of rotatable bonds is 3. The maximum atomic E-state index is 12.2. The van der Waals surface area contributed by atoms with E-state index < -0.39 is 0 Å². The zero-order valence-electron chi connectivity index (χ0n) is 12.5. The first-order valence-electron chi connectivity index (χ1n) is 7.43. The predicted molar refractivity (Wildman–Crippen MR) is 75.3 cm³/mol. The summed E-state index contributed by atoms with van der Waals surface area (Å²) in [6.45, 7) is 5.77. The molecule has 1 atom stereocenters. The van der Waals surface area contributed by atoms with Crippen LogP contribution >= 0.6 is 0 Å². The molecule has 1 N–H and O–H groups in total. The van der Waals surface area contributed by atoms with Crippen molar-refractivity contribution in [2.24, 2.45) is 0 Å². The number of likely N-dealkylation sites (tertiary alicyclic amines) is 1. The third-order valence-electron chi connectivity index (χ3n) is 4.52. The summed E-state index contributed by atoms with van der Waals surface area (Å²) in [5.74, 6) is -0.249. The maximum absolute atomic E-state index is 12.2. The van der Waals surface area contributed by atoms with Gasteiger partial charge in [0.1, 0.15) is 6.54 Å². The maximum Gasteiger partial charge on any atom is 0.325 e. The number of carbonyl (C=O) groups excluding carboxylic acids is 2. The number of amides is 1. The molecule has 6 heteroatoms. The van der Waals surface area contributed by atoms with E-state index in [-0.39, 0.29) is 24.0 Å². The Morgan fingerprint density at radius 2 is 2.20 bits per heavy atom. The highest BCUT2D eigenvalue weighted by Gasteiger charge is 2.40. The first kappa shape index (κ1) is 15.3. The number of likely N-dealkylation sites (N-methyl/N-ethyl adjacent to an activating group) is 1. The van der Waals surface area contributed by atoms with E-state index in [1.54, 1.807) is 11.8 Å². The van der Waals surface area contributed by atoms with Gasteiger partial charge in [-0.2, -0.15) is 0 Å². The zero-order chi connectivity index (χ0) is 14.6. The van der Waals surface area contributed by atoms with Gasteiger partial charge in [0.25, 0.3) is 0 Å². The van der Waals surface area contributed by atoms with Crippen molar-refractivity contribution in [2.45, 2.75) is 31.7 Å². The van der Waals surface area contributed by atoms with Crippen molar-refractivity contribution < 1.29 is 14.3 Å². The van der Waals surface area contributed by atoms with Gasteiger partial charge in [0.2, 0.25) is 5.91 Å². The van der Waals surface area contributed by atoms with Crippen molar-refractivity contribution >= 4 is 11.9 Å². The van der Waals surface area contributed by atoms with Gasteiger partial charge >= 0.3 is 5.97 Å². The Hall–Kier alpha value is -1.14. The van der Waals surface area contributed by atoms with Crippen LogP contribution in [0.15, 0.2) is 0 Å². The highest BCUT2D eigenvalue weighted by Crippen LogP contribution is 2.29. The number of nitrogens with zero attached hydrogens (tertiary/aromatic N) is 2. The number of hydrogen-bond donors (Lipinski definition) is 1. The molecule has 1 amide bonds. The number of ether oxygens (including phenoxy) is 1. The van der Waals surface area contributed by atoms with Crippen LogP contribution in [0.2, 0.25) is 0 Å². The predicted octanol–water partition coefficient (Wildman–Crippen LogP) is -0.164. The molecular weight excluding hydrogens is 258 g/mol. The normalized spacial score (nSPS) is 28.5. The van der Waals surface area contributed by atoms with E-state index in [1.165, 1.54) is 0 Å². The highest BCUT2D eigenvalue weighted by atomic mass is 16.5. The Bertz CT molecular complexity index is 375. The molecule has 0 aromatic rings. The van der Waals surface area contributed by atoms with Crippen LogP contribution in [-0.2, 0) is 14.3 Å². The minimum atomic E-state index is -0.313. The summed E-state index contributed by atoms with van der Waals surface area (Å²) < 4.78 is 4.94. The van der Waals surface area contributed by atoms with Crippen molar-refractivity contribution in [2.75, 3.05) is 46.4 Å². The van der Waals surface area contributed by atoms with E-state index in [1.807, 2.05) is 0 Å². The third-order valence-corrected chi connectivity index (χ3v) is 4.52. The largest absolute Gasteiger partial charge is 0.465 e. The Balaban J connectivity index is 1.99. The Kier molecular flexibility index (Phi) is 4.99. The van der Waals surface area contributed by atoms with Gasteiger partial charge in [0.05, 0.1) is 6.61 Å². The summed E-state index contributed by atoms with van der Waals surface area (Å²) >= 11 is 0. The Labute approximate surface area is 120 Å². The van der Waals surface area contributed by atoms with Gasteiger partial charge in [-0.25, -0.2) is 0 Å². The van der Waals surface area contributed by atoms with Crippen LogP contribution in [0.4, 0.5) is 0 Å². The van der Waals surface area contributed by atoms with Gasteiger partial charge in [-0.15, -0.1) is 0 Å². The molecule has 0 aliphatic carbocycles. The second-order valence-corrected chi connectivity index (χ2v) is 5.69. The molecule has 2 saturated heterocycles. The average molecular weight is 283 g/mol. The quantitative estimate of drug-likeness (QED) is 0.729. The monoisotopic (exact) mass is 283 g/mol. The van der Waals surface area contributed by atoms with Gasteiger partial charge in [0.15, 0.2) is 0 Å². The topological polar surface area (TPSA) is 61.9 Å². The molecule has 2 aliphatic heterocycles. The van der Waals surface area contributed by atoms with E-state index in [2.05, 4.69) is 17.3 Å². The second kappa shape index (κ2) is 6.54. The number of hydrogen-bond acceptors (Lipinski definition) is 5. The van der Waals surface area contributed by atoms with Crippen LogP contribution in [0.3, 0.4) is 0 Å². The summed E-state index contributed by atoms with van der Waals surface area (Å²) in [6, 6.07) is 0. The first-order chi connectivity index (χ1) is 9.57. The van der Waals surface area contributed by atoms with Crippen molar-refractivity contribution in [3.63, 3.8) is 0 Å². The fourth-order valence-electron chi connectivity index (χ4n) is 3.12. The number of nitrogens with one attached hydrogen (secondary N) is 1. The van der Waals surface area contributed by atoms with Crippen LogP contribution in [-0.4, -0.2) is 73.6 Å². The SMILES string of the molecule is CCOC(=O)CN1CC[C@@]2(CCC1=O)CNCCN2C. The fourth-order valence-corrected chi connectivity index (χ4v) is 3.12. The van der Waals surface area contributed by atoms with E-state index in [0.29, 0.717) is 19.6 Å². The number of piperazine rings is 1. The number of carbonyl (C=O) groups is 2. The molecule has 2 rings (SSSR count). The molecule has 0 saturated carbocycles. The third kappa shape index (κ3) is 3.30. The van der Waals surface area contributed by atoms with E-state index >= 15 is 0 Å². The lowest BCUT2D eigenvalue weighted by atomic mass is 9.87. The molecule has 2 aliphatic rings. The van der Waals surface area contributed by atoms with Crippen LogP contribution in [0.1, 0.15) is 26.2 Å². The lowest BCUT2D eigenvalue weighted by molar-refractivity contribution is -0.148. The van der Waals surface area contributed by atoms with Gasteiger partial charge in [-0.3, -0.25) is 14.5 Å². The molecule has 0 aromatic carbocycles. The molecule has 0 radical (unpaired) electrons. The smallest absolute Gasteiger partial charge is 0.325 e. The fraction of sp³-hybridized carbons (Fsp3) is 0.857. The molecule has 1 spiro atoms. The average Bonchev–Trinajstić information content (AvgIpc) is 2.57. The zero-order valence-corrected chi connectivity index (χ0v) is 12.5. The summed E-state index contributed by atoms with van der Waals surface area (Å²) in [7, 11) is 2.13. The second-order valence-electron chi connectivity index (χ2n) is 5.69. The standard InChI is InChI=1S/C14H25N3O3/c1-3-20-13(19)10-17-8-6-14(5-4-12(17)18)11-15-7-9-16(14)2/h15H,3-11H2,1-2H3/t14-/m0/s1. The van der Waals surface area contributed by atoms with Gasteiger partial charge in [0, 0.05) is 38.1 Å². The summed E-state index contributed by atoms with van der Waals surface area (Å²) in [5.41, 5.74) is 0.0529. The first-order valence-corrected chi connectivity index (χ1v) is 7.43. The molecule has 114 valence electrons. The van der Waals surface area contributed by atoms with Crippen LogP contribution < -0.4 is 5.32 Å². The van der Waals surface area contributed by atoms with Crippen molar-refractivity contribution in [1.29, 1.82) is 0 Å². The molecule has 2 heterocycles. The van der Waals surface area contributed by atoms with Crippen LogP contribution in [0.5, 0.6) is 0 Å². The summed E-state index contributed by atoms with van der Waals surface area (Å²) in [6.07, 6.45) is 2.27. The molecule has 2 fully saturated rings. The number of esters is 1. The molecular formula is C14H25N3O3. The van der Waals surface area contributed by atoms with Gasteiger partial charge in [-0.05, 0) is 26.8 Å². The summed E-state index contributed by atoms with van der Waals surface area (Å²) in [5, 5.41) is 3.43. The Morgan fingerprint density at radius 3 is 2.90 bits per heavy atom. The van der Waals surface area contributed by atoms with E-state index in [0.717, 1.165) is 32.5 Å². The molecule has 6 nitrogen and oxygen atoms in total. The molecule has 0 aromatic heterocycles. The van der Waals surface area contributed by atoms with E-state index in [4.69, 9.17) is 4.74 Å². The van der Waals surface area contributed by atoms with Crippen molar-refractivity contribution in [1.82, 2.24) is 15.1 Å². The Morgan fingerprint density at radius 1 is 1.40 bits per heavy atom. The van der Waals surface area contributed by atoms with Gasteiger partial charge in [-0.1, -0.05) is 0 Å². The molecule has 20 heavy (non-hydrogen) atoms. The summed E-state index contributed by atoms with van der Waals surface area (Å²) in [4.78, 5) is 27.7. The van der Waals surface area contributed by atoms with Crippen LogP contribution in [0.25, 0.3) is 0 Å². The van der Waals surface area contributed by atoms with Gasteiger partial charge < -0.3 is 15.0 Å². The van der Waals surface area contributed by atoms with Crippen molar-refractivity contribution in [3.05, 3.63) is 0 Å². The molecule has 0 bridgehead atoms. The van der Waals surface area contributed by atoms with E-state index in [9.17, 15) is 9.59 Å². The lowest BCUT2D eigenvalue weighted by Gasteiger charge is -2.45. The minimum absolute atomic E-state index is 0.0529. The lowest BCUT2D eigenvalue weighted by Crippen LogP contribution is -2.59. The molecule has 0 unspecified atom stereocenters. The van der Waals surface area contributed by atoms with Crippen molar-refractivity contribution in [3.8, 4) is 0 Å². The minimum Gasteiger partial charge on any atom is -0.465 e. The highest BCUT2D eigenvalue weighted by molar-refractivity contribution is 5.82. The van der Waals surface area contributed by atoms with Crippen LogP contribution in [0, 0.1) is 0 Å².